The van der Waals surface area contributed by atoms with Crippen LogP contribution in [0, 0.1) is 5.92 Å². The first-order valence-corrected chi connectivity index (χ1v) is 14.9. The lowest BCUT2D eigenvalue weighted by molar-refractivity contribution is -0.145. The first-order chi connectivity index (χ1) is 18.5. The Bertz CT molecular complexity index is 1200. The topological polar surface area (TPSA) is 151 Å². The molecule has 0 saturated heterocycles. The van der Waals surface area contributed by atoms with Crippen molar-refractivity contribution in [3.63, 3.8) is 0 Å². The summed E-state index contributed by atoms with van der Waals surface area (Å²) < 4.78 is 32.6. The predicted molar refractivity (Wildman–Crippen MR) is 144 cm³/mol. The summed E-state index contributed by atoms with van der Waals surface area (Å²) in [7, 11) is -4.06. The van der Waals surface area contributed by atoms with Crippen LogP contribution in [0.15, 0.2) is 40.3 Å². The molecule has 0 aromatic heterocycles. The van der Waals surface area contributed by atoms with E-state index in [9.17, 15) is 27.6 Å². The van der Waals surface area contributed by atoms with E-state index >= 15 is 0 Å². The average Bonchev–Trinajstić information content (AvgIpc) is 3.20. The van der Waals surface area contributed by atoms with Gasteiger partial charge in [0.15, 0.2) is 0 Å². The molecule has 1 aliphatic carbocycles. The van der Waals surface area contributed by atoms with E-state index in [1.165, 1.54) is 17.0 Å². The van der Waals surface area contributed by atoms with Crippen LogP contribution in [0.1, 0.15) is 64.9 Å². The van der Waals surface area contributed by atoms with Crippen molar-refractivity contribution in [3.8, 4) is 0 Å². The highest BCUT2D eigenvalue weighted by molar-refractivity contribution is 7.90. The van der Waals surface area contributed by atoms with Gasteiger partial charge in [-0.2, -0.15) is 0 Å². The van der Waals surface area contributed by atoms with Gasteiger partial charge in [0, 0.05) is 24.6 Å². The molecule has 2 aliphatic rings. The van der Waals surface area contributed by atoms with E-state index < -0.39 is 22.1 Å². The summed E-state index contributed by atoms with van der Waals surface area (Å²) in [5.74, 6) is -0.246. The minimum absolute atomic E-state index is 0.0526. The van der Waals surface area contributed by atoms with Gasteiger partial charge in [0.05, 0.1) is 18.0 Å². The van der Waals surface area contributed by atoms with Gasteiger partial charge in [-0.15, -0.1) is 0 Å². The Balaban J connectivity index is 1.41. The van der Waals surface area contributed by atoms with E-state index in [0.29, 0.717) is 50.8 Å². The molecule has 1 aromatic carbocycles. The maximum atomic E-state index is 12.7. The smallest absolute Gasteiger partial charge is 0.328 e. The van der Waals surface area contributed by atoms with E-state index in [2.05, 4.69) is 15.4 Å². The van der Waals surface area contributed by atoms with Crippen molar-refractivity contribution in [2.45, 2.75) is 76.7 Å². The average molecular weight is 563 g/mol. The zero-order chi connectivity index (χ0) is 28.6. The summed E-state index contributed by atoms with van der Waals surface area (Å²) in [6.07, 6.45) is 4.27. The van der Waals surface area contributed by atoms with Crippen LogP contribution in [0.2, 0.25) is 0 Å². The van der Waals surface area contributed by atoms with Crippen LogP contribution in [0.5, 0.6) is 0 Å². The first-order valence-electron chi connectivity index (χ1n) is 13.4. The molecule has 0 radical (unpaired) electrons. The van der Waals surface area contributed by atoms with Crippen molar-refractivity contribution in [1.82, 2.24) is 20.3 Å². The fourth-order valence-electron chi connectivity index (χ4n) is 4.79. The van der Waals surface area contributed by atoms with Crippen molar-refractivity contribution in [3.05, 3.63) is 41.0 Å². The fourth-order valence-corrected chi connectivity index (χ4v) is 5.71. The lowest BCUT2D eigenvalue weighted by Crippen LogP contribution is -2.45. The molecule has 1 heterocycles. The molecule has 1 fully saturated rings. The molecule has 1 aliphatic heterocycles. The molecule has 0 atom stereocenters. The molecule has 3 rings (SSSR count). The van der Waals surface area contributed by atoms with Crippen LogP contribution in [-0.4, -0.2) is 63.0 Å². The zero-order valence-corrected chi connectivity index (χ0v) is 23.6. The highest BCUT2D eigenvalue weighted by atomic mass is 32.2. The number of nitrogens with one attached hydrogen (secondary N) is 3. The van der Waals surface area contributed by atoms with Gasteiger partial charge in [-0.25, -0.2) is 22.7 Å². The number of amides is 5. The monoisotopic (exact) mass is 562 g/mol. The summed E-state index contributed by atoms with van der Waals surface area (Å²) in [6, 6.07) is 4.65. The minimum atomic E-state index is -4.06. The summed E-state index contributed by atoms with van der Waals surface area (Å²) in [4.78, 5) is 49.5. The number of esters is 1. The number of nitrogens with zero attached hydrogens (tertiary/aromatic N) is 1. The van der Waals surface area contributed by atoms with E-state index in [1.807, 2.05) is 13.8 Å². The number of urea groups is 2. The normalized spacial score (nSPS) is 19.6. The van der Waals surface area contributed by atoms with Gasteiger partial charge in [0.1, 0.15) is 0 Å². The molecule has 0 bridgehead atoms. The Morgan fingerprint density at radius 3 is 2.31 bits per heavy atom. The van der Waals surface area contributed by atoms with Gasteiger partial charge in [-0.1, -0.05) is 26.0 Å². The summed E-state index contributed by atoms with van der Waals surface area (Å²) in [5, 5.41) is 5.45. The van der Waals surface area contributed by atoms with Crippen molar-refractivity contribution >= 4 is 34.0 Å². The van der Waals surface area contributed by atoms with Gasteiger partial charge in [-0.05, 0) is 74.6 Å². The number of sulfonamides is 1. The predicted octanol–water partition coefficient (Wildman–Crippen LogP) is 3.01. The van der Waals surface area contributed by atoms with Gasteiger partial charge in [0.2, 0.25) is 0 Å². The maximum absolute atomic E-state index is 12.7. The highest BCUT2D eigenvalue weighted by Crippen LogP contribution is 2.25. The summed E-state index contributed by atoms with van der Waals surface area (Å²) >= 11 is 0. The number of ether oxygens (including phenoxy) is 1. The molecule has 39 heavy (non-hydrogen) atoms. The van der Waals surface area contributed by atoms with Gasteiger partial charge >= 0.3 is 18.0 Å². The third-order valence-corrected chi connectivity index (χ3v) is 8.46. The number of carbonyl (C=O) groups is 4. The van der Waals surface area contributed by atoms with Crippen LogP contribution in [-0.2, 0) is 30.8 Å². The second-order valence-electron chi connectivity index (χ2n) is 9.96. The summed E-state index contributed by atoms with van der Waals surface area (Å²) in [6.45, 7) is 6.41. The zero-order valence-electron chi connectivity index (χ0n) is 22.7. The molecule has 1 saturated carbocycles. The Morgan fingerprint density at radius 2 is 1.72 bits per heavy atom. The van der Waals surface area contributed by atoms with Crippen LogP contribution in [0.3, 0.4) is 0 Å². The number of hydrogen-bond donors (Lipinski definition) is 3. The first kappa shape index (κ1) is 30.1. The molecular formula is C27H38N4O7S. The Hall–Kier alpha value is -3.41. The number of rotatable bonds is 10. The largest absolute Gasteiger partial charge is 0.465 e. The Kier molecular flexibility index (Phi) is 10.5. The number of carbonyl (C=O) groups excluding carboxylic acids is 4. The Morgan fingerprint density at radius 1 is 1.05 bits per heavy atom. The van der Waals surface area contributed by atoms with Crippen molar-refractivity contribution < 1.29 is 32.3 Å². The fraction of sp³-hybridized carbons (Fsp3) is 0.556. The van der Waals surface area contributed by atoms with Crippen molar-refractivity contribution in [2.75, 3.05) is 19.7 Å². The van der Waals surface area contributed by atoms with E-state index in [1.54, 1.807) is 19.1 Å². The molecule has 0 unspecified atom stereocenters. The third kappa shape index (κ3) is 8.29. The van der Waals surface area contributed by atoms with Crippen LogP contribution < -0.4 is 15.4 Å². The van der Waals surface area contributed by atoms with Crippen LogP contribution in [0.4, 0.5) is 9.59 Å². The molecule has 12 heteroatoms. The molecule has 11 nitrogen and oxygen atoms in total. The SMILES string of the molecule is CCC(=O)OCC1CCC(NC(=O)NS(=O)(=O)c2ccc(CCNC(=O)N3CC(C)=C(CC)C3=O)cc2)CC1. The molecule has 214 valence electrons. The summed E-state index contributed by atoms with van der Waals surface area (Å²) in [5.41, 5.74) is 2.36. The van der Waals surface area contributed by atoms with Crippen molar-refractivity contribution in [2.24, 2.45) is 5.92 Å². The highest BCUT2D eigenvalue weighted by Gasteiger charge is 2.31. The molecular weight excluding hydrogens is 524 g/mol. The number of imide groups is 1. The molecule has 3 N–H and O–H groups in total. The minimum Gasteiger partial charge on any atom is -0.465 e. The lowest BCUT2D eigenvalue weighted by Gasteiger charge is -2.28. The van der Waals surface area contributed by atoms with E-state index in [4.69, 9.17) is 4.74 Å². The quantitative estimate of drug-likeness (QED) is 0.371. The van der Waals surface area contributed by atoms with Crippen LogP contribution >= 0.6 is 0 Å². The third-order valence-electron chi connectivity index (χ3n) is 7.11. The lowest BCUT2D eigenvalue weighted by atomic mass is 9.86. The van der Waals surface area contributed by atoms with Crippen molar-refractivity contribution in [1.29, 1.82) is 0 Å². The Labute approximate surface area is 229 Å². The molecule has 1 aromatic rings. The van der Waals surface area contributed by atoms with Gasteiger partial charge < -0.3 is 15.4 Å². The van der Waals surface area contributed by atoms with Crippen LogP contribution in [0.25, 0.3) is 0 Å². The van der Waals surface area contributed by atoms with E-state index in [0.717, 1.165) is 24.0 Å². The number of benzene rings is 1. The van der Waals surface area contributed by atoms with Gasteiger partial charge in [0.25, 0.3) is 15.9 Å². The van der Waals surface area contributed by atoms with E-state index in [-0.39, 0.29) is 35.3 Å². The molecule has 5 amide bonds. The maximum Gasteiger partial charge on any atom is 0.328 e. The standard InChI is InChI=1S/C27H38N4O7S/c1-4-23-18(3)16-31(25(23)33)27(35)28-15-14-19-8-12-22(13-9-19)39(36,37)30-26(34)29-21-10-6-20(7-11-21)17-38-24(32)5-2/h8-9,12-13,20-21H,4-7,10-11,14-17H2,1-3H3,(H,28,35)(H2,29,30,34). The number of hydrogen-bond acceptors (Lipinski definition) is 7. The second-order valence-corrected chi connectivity index (χ2v) is 11.6. The second kappa shape index (κ2) is 13.6. The van der Waals surface area contributed by atoms with Gasteiger partial charge in [-0.3, -0.25) is 14.5 Å². The molecule has 0 spiro atoms.